The molecule has 2 heterocycles. The molecule has 1 aromatic heterocycles. The highest BCUT2D eigenvalue weighted by Crippen LogP contribution is 2.17. The molecule has 5 nitrogen and oxygen atoms in total. The van der Waals surface area contributed by atoms with Crippen LogP contribution in [-0.4, -0.2) is 48.9 Å². The Morgan fingerprint density at radius 1 is 1.39 bits per heavy atom. The summed E-state index contributed by atoms with van der Waals surface area (Å²) in [5.74, 6) is 0.504. The molecule has 0 bridgehead atoms. The summed E-state index contributed by atoms with van der Waals surface area (Å²) in [6, 6.07) is 3.13. The Kier molecular flexibility index (Phi) is 8.58. The van der Waals surface area contributed by atoms with Crippen LogP contribution in [0.4, 0.5) is 0 Å². The molecule has 0 aliphatic carbocycles. The Morgan fingerprint density at radius 3 is 2.65 bits per heavy atom. The van der Waals surface area contributed by atoms with Crippen LogP contribution in [0.25, 0.3) is 0 Å². The molecular formula is C16H26ClN3O2S. The number of nitrogens with one attached hydrogen (secondary N) is 2. The second kappa shape index (κ2) is 9.90. The molecule has 0 radical (unpaired) electrons. The Hall–Kier alpha value is -1.11. The first-order valence-corrected chi connectivity index (χ1v) is 8.83. The maximum Gasteiger partial charge on any atom is 0.261 e. The molecule has 7 heteroatoms. The van der Waals surface area contributed by atoms with E-state index in [4.69, 9.17) is 0 Å². The van der Waals surface area contributed by atoms with E-state index < -0.39 is 6.04 Å². The zero-order valence-corrected chi connectivity index (χ0v) is 15.3. The summed E-state index contributed by atoms with van der Waals surface area (Å²) in [6.45, 7) is 7.46. The van der Waals surface area contributed by atoms with Crippen LogP contribution in [0, 0.1) is 5.92 Å². The fraction of sp³-hybridized carbons (Fsp3) is 0.625. The van der Waals surface area contributed by atoms with Crippen molar-refractivity contribution in [2.45, 2.75) is 32.7 Å². The third-order valence-electron chi connectivity index (χ3n) is 4.07. The van der Waals surface area contributed by atoms with Crippen molar-refractivity contribution in [2.75, 3.05) is 26.2 Å². The molecule has 130 valence electrons. The minimum absolute atomic E-state index is 0. The number of carbonyl (C=O) groups is 2. The Balaban J connectivity index is 0.00000264. The topological polar surface area (TPSA) is 61.4 Å². The smallest absolute Gasteiger partial charge is 0.261 e. The maximum atomic E-state index is 12.4. The first-order chi connectivity index (χ1) is 10.6. The van der Waals surface area contributed by atoms with Gasteiger partial charge in [0.1, 0.15) is 6.04 Å². The highest BCUT2D eigenvalue weighted by atomic mass is 35.5. The van der Waals surface area contributed by atoms with E-state index in [0.717, 1.165) is 39.0 Å². The fourth-order valence-electron chi connectivity index (χ4n) is 2.72. The van der Waals surface area contributed by atoms with Gasteiger partial charge < -0.3 is 15.5 Å². The minimum Gasteiger partial charge on any atom is -0.341 e. The van der Waals surface area contributed by atoms with Gasteiger partial charge in [-0.05, 0) is 50.2 Å². The van der Waals surface area contributed by atoms with Crippen molar-refractivity contribution in [3.63, 3.8) is 0 Å². The van der Waals surface area contributed by atoms with Crippen molar-refractivity contribution in [1.82, 2.24) is 15.5 Å². The van der Waals surface area contributed by atoms with Crippen LogP contribution < -0.4 is 10.6 Å². The van der Waals surface area contributed by atoms with Gasteiger partial charge in [-0.2, -0.15) is 0 Å². The van der Waals surface area contributed by atoms with Crippen LogP contribution in [-0.2, 0) is 4.79 Å². The van der Waals surface area contributed by atoms with Gasteiger partial charge in [0, 0.05) is 13.1 Å². The molecule has 1 aliphatic rings. The van der Waals surface area contributed by atoms with E-state index in [1.54, 1.807) is 13.0 Å². The van der Waals surface area contributed by atoms with Gasteiger partial charge in [-0.15, -0.1) is 23.7 Å². The number of halogens is 1. The van der Waals surface area contributed by atoms with E-state index in [0.29, 0.717) is 10.8 Å². The molecule has 2 N–H and O–H groups in total. The third kappa shape index (κ3) is 5.79. The molecule has 23 heavy (non-hydrogen) atoms. The monoisotopic (exact) mass is 359 g/mol. The standard InChI is InChI=1S/C16H25N3O2S.ClH/c1-3-17-11-13-6-8-19(9-7-13)16(21)12(2)18-15(20)14-5-4-10-22-14;/h4-5,10,12-13,17H,3,6-9,11H2,1-2H3,(H,18,20);1H. The number of nitrogens with zero attached hydrogens (tertiary/aromatic N) is 1. The zero-order valence-electron chi connectivity index (χ0n) is 13.7. The number of piperidine rings is 1. The van der Waals surface area contributed by atoms with Crippen LogP contribution in [0.1, 0.15) is 36.4 Å². The van der Waals surface area contributed by atoms with Crippen LogP contribution in [0.2, 0.25) is 0 Å². The average molecular weight is 360 g/mol. The molecule has 1 saturated heterocycles. The summed E-state index contributed by atoms with van der Waals surface area (Å²) in [4.78, 5) is 26.9. The first-order valence-electron chi connectivity index (χ1n) is 7.95. The lowest BCUT2D eigenvalue weighted by Gasteiger charge is -2.33. The van der Waals surface area contributed by atoms with E-state index in [1.807, 2.05) is 16.3 Å². The summed E-state index contributed by atoms with van der Waals surface area (Å²) in [6.07, 6.45) is 2.06. The van der Waals surface area contributed by atoms with E-state index in [2.05, 4.69) is 17.6 Å². The quantitative estimate of drug-likeness (QED) is 0.818. The van der Waals surface area contributed by atoms with Gasteiger partial charge in [-0.3, -0.25) is 9.59 Å². The molecule has 1 fully saturated rings. The summed E-state index contributed by atoms with van der Waals surface area (Å²) in [7, 11) is 0. The van der Waals surface area contributed by atoms with E-state index >= 15 is 0 Å². The number of hydrogen-bond acceptors (Lipinski definition) is 4. The molecule has 1 aromatic rings. The highest BCUT2D eigenvalue weighted by Gasteiger charge is 2.26. The predicted molar refractivity (Wildman–Crippen MR) is 96.3 cm³/mol. The molecule has 2 rings (SSSR count). The van der Waals surface area contributed by atoms with Gasteiger partial charge in [0.25, 0.3) is 5.91 Å². The van der Waals surface area contributed by atoms with Crippen molar-refractivity contribution in [2.24, 2.45) is 5.92 Å². The van der Waals surface area contributed by atoms with Crippen molar-refractivity contribution < 1.29 is 9.59 Å². The normalized spacial score (nSPS) is 16.5. The summed E-state index contributed by atoms with van der Waals surface area (Å²) in [5.41, 5.74) is 0. The summed E-state index contributed by atoms with van der Waals surface area (Å²) >= 11 is 1.38. The highest BCUT2D eigenvalue weighted by molar-refractivity contribution is 7.12. The van der Waals surface area contributed by atoms with Crippen LogP contribution in [0.5, 0.6) is 0 Å². The van der Waals surface area contributed by atoms with Gasteiger partial charge in [0.2, 0.25) is 5.91 Å². The van der Waals surface area contributed by atoms with Crippen molar-refractivity contribution in [1.29, 1.82) is 0 Å². The molecule has 0 aromatic carbocycles. The first kappa shape index (κ1) is 19.9. The Labute approximate surface area is 148 Å². The second-order valence-corrected chi connectivity index (χ2v) is 6.70. The lowest BCUT2D eigenvalue weighted by atomic mass is 9.96. The molecule has 0 spiro atoms. The summed E-state index contributed by atoms with van der Waals surface area (Å²) in [5, 5.41) is 8.02. The lowest BCUT2D eigenvalue weighted by Crippen LogP contribution is -2.49. The molecule has 1 unspecified atom stereocenters. The van der Waals surface area contributed by atoms with Gasteiger partial charge >= 0.3 is 0 Å². The van der Waals surface area contributed by atoms with Crippen molar-refractivity contribution in [3.05, 3.63) is 22.4 Å². The number of thiophene rings is 1. The van der Waals surface area contributed by atoms with Gasteiger partial charge in [0.15, 0.2) is 0 Å². The number of carbonyl (C=O) groups excluding carboxylic acids is 2. The number of amides is 2. The Morgan fingerprint density at radius 2 is 2.09 bits per heavy atom. The molecule has 1 aliphatic heterocycles. The van der Waals surface area contributed by atoms with Crippen LogP contribution >= 0.6 is 23.7 Å². The van der Waals surface area contributed by atoms with Crippen LogP contribution in [0.15, 0.2) is 17.5 Å². The molecule has 0 saturated carbocycles. The zero-order chi connectivity index (χ0) is 15.9. The maximum absolute atomic E-state index is 12.4. The van der Waals surface area contributed by atoms with Gasteiger partial charge in [0.05, 0.1) is 4.88 Å². The molecular weight excluding hydrogens is 334 g/mol. The average Bonchev–Trinajstić information content (AvgIpc) is 3.07. The lowest BCUT2D eigenvalue weighted by molar-refractivity contribution is -0.134. The Bertz CT molecular complexity index is 488. The third-order valence-corrected chi connectivity index (χ3v) is 4.94. The minimum atomic E-state index is -0.472. The van der Waals surface area contributed by atoms with Gasteiger partial charge in [-0.25, -0.2) is 0 Å². The molecule has 1 atom stereocenters. The fourth-order valence-corrected chi connectivity index (χ4v) is 3.34. The largest absolute Gasteiger partial charge is 0.341 e. The predicted octanol–water partition coefficient (Wildman–Crippen LogP) is 2.14. The summed E-state index contributed by atoms with van der Waals surface area (Å²) < 4.78 is 0. The van der Waals surface area contributed by atoms with E-state index in [1.165, 1.54) is 11.3 Å². The van der Waals surface area contributed by atoms with Crippen molar-refractivity contribution >= 4 is 35.6 Å². The van der Waals surface area contributed by atoms with E-state index in [-0.39, 0.29) is 24.2 Å². The number of rotatable bonds is 6. The second-order valence-electron chi connectivity index (χ2n) is 5.75. The number of likely N-dealkylation sites (tertiary alicyclic amines) is 1. The SMILES string of the molecule is CCNCC1CCN(C(=O)C(C)NC(=O)c2cccs2)CC1.Cl. The van der Waals surface area contributed by atoms with Gasteiger partial charge in [-0.1, -0.05) is 13.0 Å². The van der Waals surface area contributed by atoms with E-state index in [9.17, 15) is 9.59 Å². The number of hydrogen-bond donors (Lipinski definition) is 2. The van der Waals surface area contributed by atoms with Crippen molar-refractivity contribution in [3.8, 4) is 0 Å². The van der Waals surface area contributed by atoms with Crippen LogP contribution in [0.3, 0.4) is 0 Å². The molecule has 2 amide bonds.